The predicted molar refractivity (Wildman–Crippen MR) is 314 cm³/mol. The van der Waals surface area contributed by atoms with E-state index in [-0.39, 0.29) is 0 Å². The number of furan rings is 1. The van der Waals surface area contributed by atoms with E-state index in [1.54, 1.807) is 0 Å². The summed E-state index contributed by atoms with van der Waals surface area (Å²) in [6.45, 7) is 0. The molecule has 77 heavy (non-hydrogen) atoms. The van der Waals surface area contributed by atoms with E-state index in [0.717, 1.165) is 121 Å². The Labute approximate surface area is 442 Å². The molecule has 0 fully saturated rings. The molecule has 0 spiro atoms. The van der Waals surface area contributed by atoms with Crippen molar-refractivity contribution in [3.63, 3.8) is 0 Å². The highest BCUT2D eigenvalue weighted by atomic mass is 16.3. The van der Waals surface area contributed by atoms with Crippen LogP contribution in [0.25, 0.3) is 156 Å². The van der Waals surface area contributed by atoms with Gasteiger partial charge >= 0.3 is 0 Å². The summed E-state index contributed by atoms with van der Waals surface area (Å²) in [6, 6.07) is 88.3. The number of rotatable bonds is 8. The summed E-state index contributed by atoms with van der Waals surface area (Å²) in [5.41, 5.74) is 11.7. The lowest BCUT2D eigenvalue weighted by Crippen LogP contribution is -2.01. The Balaban J connectivity index is 0.887. The van der Waals surface area contributed by atoms with Crippen molar-refractivity contribution in [3.05, 3.63) is 255 Å². The van der Waals surface area contributed by atoms with Gasteiger partial charge in [0, 0.05) is 44.2 Å². The van der Waals surface area contributed by atoms with Crippen molar-refractivity contribution in [2.45, 2.75) is 0 Å². The molecule has 15 rings (SSSR count). The van der Waals surface area contributed by atoms with E-state index in [1.165, 1.54) is 0 Å². The molecule has 0 unspecified atom stereocenters. The average molecular weight is 983 g/mol. The lowest BCUT2D eigenvalue weighted by molar-refractivity contribution is 0.669. The minimum absolute atomic E-state index is 0.621. The van der Waals surface area contributed by atoms with Crippen LogP contribution >= 0.6 is 0 Å². The topological polar surface area (TPSA) is 90.5 Å². The monoisotopic (exact) mass is 982 g/mol. The predicted octanol–water partition coefficient (Wildman–Crippen LogP) is 17.9. The Hall–Kier alpha value is -10.5. The van der Waals surface area contributed by atoms with Gasteiger partial charge < -0.3 is 4.42 Å². The van der Waals surface area contributed by atoms with Crippen molar-refractivity contribution in [1.82, 2.24) is 29.9 Å². The maximum Gasteiger partial charge on any atom is 0.165 e. The molecule has 0 radical (unpaired) electrons. The Bertz CT molecular complexity index is 4560. The second-order valence-electron chi connectivity index (χ2n) is 19.3. The van der Waals surface area contributed by atoms with E-state index >= 15 is 0 Å². The van der Waals surface area contributed by atoms with Gasteiger partial charge in [0.1, 0.15) is 11.2 Å². The number of hydrogen-bond donors (Lipinski definition) is 0. The Kier molecular flexibility index (Phi) is 10.4. The summed E-state index contributed by atoms with van der Waals surface area (Å²) in [5, 5.41) is 10.7. The molecule has 0 aliphatic rings. The van der Waals surface area contributed by atoms with Crippen molar-refractivity contribution in [2.24, 2.45) is 0 Å². The first-order chi connectivity index (χ1) is 38.2. The largest absolute Gasteiger partial charge is 0.456 e. The first-order valence-corrected chi connectivity index (χ1v) is 25.8. The van der Waals surface area contributed by atoms with Gasteiger partial charge in [-0.15, -0.1) is 0 Å². The third kappa shape index (κ3) is 7.51. The minimum Gasteiger partial charge on any atom is -0.456 e. The fraction of sp³-hybridized carbons (Fsp3) is 0. The standard InChI is InChI=1S/C70H42N6O/c1-5-21-43(22-6-1)65-71-66(44-23-7-2-8-24-44)74-69(73-65)63-54-33-17-13-29-50(54)61(51-30-14-18-34-55(51)63)47-38-40-59-58(41-47)49-39-37-48(42-60(49)77-59)62-52-31-15-19-35-56(52)64(57-36-20-16-32-53(57)62)70-75-67(45-25-9-3-10-26-45)72-68(76-70)46-27-11-4-12-28-46/h1-42H. The third-order valence-corrected chi connectivity index (χ3v) is 14.8. The second-order valence-corrected chi connectivity index (χ2v) is 19.3. The molecule has 358 valence electrons. The fourth-order valence-corrected chi connectivity index (χ4v) is 11.3. The molecule has 0 saturated heterocycles. The summed E-state index contributed by atoms with van der Waals surface area (Å²) in [5.74, 6) is 3.74. The molecule has 0 bridgehead atoms. The smallest absolute Gasteiger partial charge is 0.165 e. The normalized spacial score (nSPS) is 11.6. The molecule has 0 aliphatic carbocycles. The summed E-state index contributed by atoms with van der Waals surface area (Å²) < 4.78 is 6.83. The summed E-state index contributed by atoms with van der Waals surface area (Å²) >= 11 is 0. The van der Waals surface area contributed by atoms with Crippen LogP contribution in [-0.4, -0.2) is 29.9 Å². The molecule has 15 aromatic rings. The van der Waals surface area contributed by atoms with Crippen LogP contribution in [0.15, 0.2) is 259 Å². The zero-order chi connectivity index (χ0) is 50.8. The van der Waals surface area contributed by atoms with Gasteiger partial charge in [0.15, 0.2) is 34.9 Å². The number of aromatic nitrogens is 6. The molecule has 7 nitrogen and oxygen atoms in total. The zero-order valence-electron chi connectivity index (χ0n) is 41.3. The molecule has 0 saturated carbocycles. The number of fused-ring (bicyclic) bond motifs is 7. The van der Waals surface area contributed by atoms with Crippen LogP contribution in [0, 0.1) is 0 Å². The Morgan fingerprint density at radius 3 is 0.818 bits per heavy atom. The Morgan fingerprint density at radius 1 is 0.182 bits per heavy atom. The lowest BCUT2D eigenvalue weighted by atomic mass is 9.87. The van der Waals surface area contributed by atoms with Crippen LogP contribution in [0.5, 0.6) is 0 Å². The van der Waals surface area contributed by atoms with Crippen LogP contribution in [0.2, 0.25) is 0 Å². The molecular weight excluding hydrogens is 941 g/mol. The SMILES string of the molecule is c1ccc(-c2nc(-c3ccccc3)nc(-c3c4ccccc4c(-c4ccc5c(c4)oc4ccc(-c6c7ccccc7c(-c7nc(-c8ccccc8)nc(-c8ccccc8)n7)c7ccccc67)cc45)c4ccccc34)n2)cc1. The van der Waals surface area contributed by atoms with Crippen LogP contribution in [-0.2, 0) is 0 Å². The second kappa shape index (κ2) is 18.2. The van der Waals surface area contributed by atoms with Gasteiger partial charge in [-0.1, -0.05) is 231 Å². The molecule has 0 N–H and O–H groups in total. The van der Waals surface area contributed by atoms with Crippen LogP contribution < -0.4 is 0 Å². The number of nitrogens with zero attached hydrogens (tertiary/aromatic N) is 6. The zero-order valence-corrected chi connectivity index (χ0v) is 41.3. The number of hydrogen-bond acceptors (Lipinski definition) is 7. The van der Waals surface area contributed by atoms with Crippen molar-refractivity contribution < 1.29 is 4.42 Å². The minimum atomic E-state index is 0.621. The summed E-state index contributed by atoms with van der Waals surface area (Å²) in [4.78, 5) is 31.0. The molecule has 0 aliphatic heterocycles. The molecule has 12 aromatic carbocycles. The van der Waals surface area contributed by atoms with E-state index < -0.39 is 0 Å². The summed E-state index contributed by atoms with van der Waals surface area (Å²) in [6.07, 6.45) is 0. The van der Waals surface area contributed by atoms with E-state index in [1.807, 2.05) is 121 Å². The van der Waals surface area contributed by atoms with E-state index in [9.17, 15) is 0 Å². The highest BCUT2D eigenvalue weighted by Crippen LogP contribution is 2.47. The van der Waals surface area contributed by atoms with Crippen molar-refractivity contribution in [1.29, 1.82) is 0 Å². The Morgan fingerprint density at radius 2 is 0.468 bits per heavy atom. The van der Waals surface area contributed by atoms with Gasteiger partial charge in [0.25, 0.3) is 0 Å². The first-order valence-electron chi connectivity index (χ1n) is 25.8. The fourth-order valence-electron chi connectivity index (χ4n) is 11.3. The first kappa shape index (κ1) is 44.0. The third-order valence-electron chi connectivity index (χ3n) is 14.8. The maximum atomic E-state index is 6.83. The van der Waals surface area contributed by atoms with Gasteiger partial charge in [-0.25, -0.2) is 29.9 Å². The molecule has 3 aromatic heterocycles. The quantitative estimate of drug-likeness (QED) is 0.140. The molecule has 3 heterocycles. The van der Waals surface area contributed by atoms with E-state index in [4.69, 9.17) is 34.3 Å². The van der Waals surface area contributed by atoms with Gasteiger partial charge in [0.2, 0.25) is 0 Å². The maximum absolute atomic E-state index is 6.83. The highest BCUT2D eigenvalue weighted by Gasteiger charge is 2.24. The van der Waals surface area contributed by atoms with E-state index in [0.29, 0.717) is 34.9 Å². The molecule has 0 atom stereocenters. The van der Waals surface area contributed by atoms with Gasteiger partial charge in [0.05, 0.1) is 0 Å². The summed E-state index contributed by atoms with van der Waals surface area (Å²) in [7, 11) is 0. The van der Waals surface area contributed by atoms with Crippen LogP contribution in [0.4, 0.5) is 0 Å². The van der Waals surface area contributed by atoms with Crippen molar-refractivity contribution in [2.75, 3.05) is 0 Å². The van der Waals surface area contributed by atoms with Gasteiger partial charge in [-0.2, -0.15) is 0 Å². The molecule has 0 amide bonds. The number of benzene rings is 12. The van der Waals surface area contributed by atoms with Gasteiger partial charge in [-0.3, -0.25) is 0 Å². The molecular formula is C70H42N6O. The van der Waals surface area contributed by atoms with Gasteiger partial charge in [-0.05, 0) is 89.6 Å². The molecule has 7 heteroatoms. The van der Waals surface area contributed by atoms with E-state index in [2.05, 4.69) is 133 Å². The van der Waals surface area contributed by atoms with Crippen LogP contribution in [0.1, 0.15) is 0 Å². The van der Waals surface area contributed by atoms with Crippen LogP contribution in [0.3, 0.4) is 0 Å². The lowest BCUT2D eigenvalue weighted by Gasteiger charge is -2.17. The van der Waals surface area contributed by atoms with Crippen molar-refractivity contribution in [3.8, 4) is 90.6 Å². The van der Waals surface area contributed by atoms with Crippen molar-refractivity contribution >= 4 is 65.0 Å². The average Bonchev–Trinajstić information content (AvgIpc) is 3.92. The highest BCUT2D eigenvalue weighted by molar-refractivity contribution is 6.23.